The number of aliphatic hydroxyl groups is 1. The molecule has 2 aliphatic rings. The third kappa shape index (κ3) is 2.90. The van der Waals surface area contributed by atoms with Gasteiger partial charge in [0.25, 0.3) is 0 Å². The predicted molar refractivity (Wildman–Crippen MR) is 88.1 cm³/mol. The van der Waals surface area contributed by atoms with Gasteiger partial charge in [-0.05, 0) is 49.3 Å². The summed E-state index contributed by atoms with van der Waals surface area (Å²) < 4.78 is 4.69. The number of hydrogen-bond donors (Lipinski definition) is 1. The SMILES string of the molecule is OCc1nn(CN(Cc2cccs2)C2CC2)c(=S)n1C1CC1. The molecule has 0 saturated heterocycles. The number of rotatable bonds is 7. The molecule has 0 aromatic carbocycles. The van der Waals surface area contributed by atoms with Crippen molar-refractivity contribution in [1.82, 2.24) is 19.2 Å². The van der Waals surface area contributed by atoms with E-state index in [-0.39, 0.29) is 6.61 Å². The molecule has 2 aromatic rings. The highest BCUT2D eigenvalue weighted by molar-refractivity contribution is 7.71. The highest BCUT2D eigenvalue weighted by Crippen LogP contribution is 2.36. The molecule has 2 aromatic heterocycles. The van der Waals surface area contributed by atoms with E-state index in [1.807, 2.05) is 9.25 Å². The van der Waals surface area contributed by atoms with Crippen LogP contribution in [-0.2, 0) is 19.8 Å². The van der Waals surface area contributed by atoms with E-state index in [0.29, 0.717) is 24.6 Å². The van der Waals surface area contributed by atoms with Gasteiger partial charge < -0.3 is 5.11 Å². The fourth-order valence-corrected chi connectivity index (χ4v) is 3.96. The van der Waals surface area contributed by atoms with E-state index in [1.165, 1.54) is 17.7 Å². The van der Waals surface area contributed by atoms with Gasteiger partial charge in [0.15, 0.2) is 10.6 Å². The van der Waals surface area contributed by atoms with Crippen molar-refractivity contribution in [3.63, 3.8) is 0 Å². The minimum Gasteiger partial charge on any atom is -0.388 e. The average Bonchev–Trinajstić information content (AvgIpc) is 3.44. The van der Waals surface area contributed by atoms with E-state index in [2.05, 4.69) is 27.5 Å². The monoisotopic (exact) mass is 336 g/mol. The molecule has 0 unspecified atom stereocenters. The second-order valence-electron chi connectivity index (χ2n) is 6.16. The van der Waals surface area contributed by atoms with Crippen molar-refractivity contribution in [3.05, 3.63) is 33.0 Å². The van der Waals surface area contributed by atoms with Crippen LogP contribution in [-0.4, -0.2) is 30.4 Å². The van der Waals surface area contributed by atoms with Crippen LogP contribution >= 0.6 is 23.6 Å². The molecule has 2 heterocycles. The summed E-state index contributed by atoms with van der Waals surface area (Å²) >= 11 is 7.39. The summed E-state index contributed by atoms with van der Waals surface area (Å²) in [5, 5.41) is 16.2. The summed E-state index contributed by atoms with van der Waals surface area (Å²) in [5.74, 6) is 0.708. The minimum atomic E-state index is -0.0402. The van der Waals surface area contributed by atoms with Gasteiger partial charge in [0, 0.05) is 23.5 Å². The Balaban J connectivity index is 1.57. The maximum Gasteiger partial charge on any atom is 0.199 e. The van der Waals surface area contributed by atoms with Crippen LogP contribution in [0.4, 0.5) is 0 Å². The van der Waals surface area contributed by atoms with E-state index in [4.69, 9.17) is 12.2 Å². The zero-order valence-corrected chi connectivity index (χ0v) is 14.0. The molecular weight excluding hydrogens is 316 g/mol. The van der Waals surface area contributed by atoms with E-state index in [0.717, 1.165) is 24.2 Å². The van der Waals surface area contributed by atoms with Crippen molar-refractivity contribution < 1.29 is 5.11 Å². The largest absolute Gasteiger partial charge is 0.388 e. The molecule has 0 atom stereocenters. The van der Waals surface area contributed by atoms with Crippen LogP contribution in [0.25, 0.3) is 0 Å². The van der Waals surface area contributed by atoms with Crippen LogP contribution in [0.3, 0.4) is 0 Å². The molecule has 118 valence electrons. The van der Waals surface area contributed by atoms with Crippen LogP contribution < -0.4 is 0 Å². The highest BCUT2D eigenvalue weighted by Gasteiger charge is 2.32. The van der Waals surface area contributed by atoms with Gasteiger partial charge in [-0.2, -0.15) is 5.10 Å². The Bertz CT molecular complexity index is 698. The van der Waals surface area contributed by atoms with Crippen molar-refractivity contribution in [1.29, 1.82) is 0 Å². The van der Waals surface area contributed by atoms with Crippen molar-refractivity contribution in [2.45, 2.75) is 57.6 Å². The van der Waals surface area contributed by atoms with E-state index in [9.17, 15) is 5.11 Å². The molecule has 2 fully saturated rings. The van der Waals surface area contributed by atoms with Crippen molar-refractivity contribution in [2.24, 2.45) is 0 Å². The van der Waals surface area contributed by atoms with Gasteiger partial charge in [0.1, 0.15) is 6.61 Å². The number of aliphatic hydroxyl groups excluding tert-OH is 1. The van der Waals surface area contributed by atoms with Gasteiger partial charge in [-0.1, -0.05) is 6.07 Å². The lowest BCUT2D eigenvalue weighted by Crippen LogP contribution is -2.28. The maximum absolute atomic E-state index is 9.54. The fourth-order valence-electron chi connectivity index (χ4n) is 2.87. The molecule has 5 nitrogen and oxygen atoms in total. The van der Waals surface area contributed by atoms with Crippen molar-refractivity contribution in [2.75, 3.05) is 0 Å². The topological polar surface area (TPSA) is 46.2 Å². The molecule has 2 saturated carbocycles. The summed E-state index contributed by atoms with van der Waals surface area (Å²) in [6.45, 7) is 1.63. The van der Waals surface area contributed by atoms with Crippen LogP contribution in [0.5, 0.6) is 0 Å². The Morgan fingerprint density at radius 2 is 2.18 bits per heavy atom. The first-order valence-corrected chi connectivity index (χ1v) is 9.10. The minimum absolute atomic E-state index is 0.0402. The quantitative estimate of drug-likeness (QED) is 0.790. The number of thiophene rings is 1. The van der Waals surface area contributed by atoms with E-state index >= 15 is 0 Å². The lowest BCUT2D eigenvalue weighted by Gasteiger charge is -2.20. The van der Waals surface area contributed by atoms with Gasteiger partial charge in [-0.15, -0.1) is 11.3 Å². The third-order valence-electron chi connectivity index (χ3n) is 4.31. The fraction of sp³-hybridized carbons (Fsp3) is 0.600. The summed E-state index contributed by atoms with van der Waals surface area (Å²) in [6, 6.07) is 5.38. The molecular formula is C15H20N4OS2. The Morgan fingerprint density at radius 1 is 1.36 bits per heavy atom. The smallest absolute Gasteiger partial charge is 0.199 e. The number of hydrogen-bond acceptors (Lipinski definition) is 5. The van der Waals surface area contributed by atoms with Crippen LogP contribution in [0.15, 0.2) is 17.5 Å². The second-order valence-corrected chi connectivity index (χ2v) is 7.55. The molecule has 1 N–H and O–H groups in total. The zero-order chi connectivity index (χ0) is 15.1. The highest BCUT2D eigenvalue weighted by atomic mass is 32.1. The van der Waals surface area contributed by atoms with Crippen LogP contribution in [0.1, 0.15) is 42.4 Å². The maximum atomic E-state index is 9.54. The predicted octanol–water partition coefficient (Wildman–Crippen LogP) is 2.92. The Labute approximate surface area is 138 Å². The first kappa shape index (κ1) is 14.6. The van der Waals surface area contributed by atoms with Gasteiger partial charge >= 0.3 is 0 Å². The van der Waals surface area contributed by atoms with Crippen LogP contribution in [0, 0.1) is 4.77 Å². The molecule has 22 heavy (non-hydrogen) atoms. The molecule has 2 aliphatic carbocycles. The van der Waals surface area contributed by atoms with E-state index in [1.54, 1.807) is 11.3 Å². The standard InChI is InChI=1S/C15H20N4OS2/c20-9-14-16-18(15(21)19(14)12-5-6-12)10-17(11-3-4-11)8-13-2-1-7-22-13/h1-2,7,11-12,20H,3-6,8-10H2. The Hall–Kier alpha value is -1.02. The van der Waals surface area contributed by atoms with Crippen LogP contribution in [0.2, 0.25) is 0 Å². The first-order chi connectivity index (χ1) is 10.8. The molecule has 0 amide bonds. The molecule has 0 spiro atoms. The van der Waals surface area contributed by atoms with Gasteiger partial charge in [0.05, 0.1) is 6.67 Å². The van der Waals surface area contributed by atoms with Gasteiger partial charge in [0.2, 0.25) is 0 Å². The Kier molecular flexibility index (Phi) is 3.89. The lowest BCUT2D eigenvalue weighted by atomic mass is 10.4. The summed E-state index contributed by atoms with van der Waals surface area (Å²) in [5.41, 5.74) is 0. The molecule has 0 aliphatic heterocycles. The first-order valence-electron chi connectivity index (χ1n) is 7.82. The average molecular weight is 336 g/mol. The summed E-state index contributed by atoms with van der Waals surface area (Å²) in [7, 11) is 0. The van der Waals surface area contributed by atoms with Gasteiger partial charge in [-0.3, -0.25) is 9.47 Å². The summed E-state index contributed by atoms with van der Waals surface area (Å²) in [4.78, 5) is 3.83. The van der Waals surface area contributed by atoms with Crippen molar-refractivity contribution in [3.8, 4) is 0 Å². The lowest BCUT2D eigenvalue weighted by molar-refractivity contribution is 0.186. The number of aromatic nitrogens is 3. The van der Waals surface area contributed by atoms with Gasteiger partial charge in [-0.25, -0.2) is 4.68 Å². The summed E-state index contributed by atoms with van der Waals surface area (Å²) in [6.07, 6.45) is 4.81. The van der Waals surface area contributed by atoms with E-state index < -0.39 is 0 Å². The zero-order valence-electron chi connectivity index (χ0n) is 12.4. The second kappa shape index (κ2) is 5.88. The Morgan fingerprint density at radius 3 is 2.77 bits per heavy atom. The number of nitrogens with zero attached hydrogens (tertiary/aromatic N) is 4. The third-order valence-corrected chi connectivity index (χ3v) is 5.58. The molecule has 0 bridgehead atoms. The van der Waals surface area contributed by atoms with Crippen molar-refractivity contribution >= 4 is 23.6 Å². The molecule has 7 heteroatoms. The molecule has 4 rings (SSSR count). The normalized spacial score (nSPS) is 18.3. The molecule has 0 radical (unpaired) electrons.